The van der Waals surface area contributed by atoms with Gasteiger partial charge >= 0.3 is 0 Å². The highest BCUT2D eigenvalue weighted by Crippen LogP contribution is 2.13. The Kier molecular flexibility index (Phi) is 2.10. The molecule has 0 aliphatic rings. The molecule has 62 valence electrons. The van der Waals surface area contributed by atoms with Gasteiger partial charge in [-0.25, -0.2) is 9.35 Å². The summed E-state index contributed by atoms with van der Waals surface area (Å²) in [7, 11) is 0.390. The van der Waals surface area contributed by atoms with E-state index in [1.165, 1.54) is 0 Å². The molecule has 0 radical (unpaired) electrons. The van der Waals surface area contributed by atoms with Gasteiger partial charge in [0.25, 0.3) is 0 Å². The van der Waals surface area contributed by atoms with Gasteiger partial charge in [-0.2, -0.15) is 5.10 Å². The lowest BCUT2D eigenvalue weighted by molar-refractivity contribution is 0.682. The van der Waals surface area contributed by atoms with E-state index in [1.807, 2.05) is 6.92 Å². The van der Waals surface area contributed by atoms with Crippen LogP contribution in [0.2, 0.25) is 0 Å². The van der Waals surface area contributed by atoms with Crippen LogP contribution in [0.5, 0.6) is 0 Å². The lowest BCUT2D eigenvalue weighted by Gasteiger charge is -1.94. The summed E-state index contributed by atoms with van der Waals surface area (Å²) in [5, 5.41) is 9.32. The fraction of sp³-hybridized carbons (Fsp3) is 0.500. The normalized spacial score (nSPS) is 13.5. The zero-order valence-electron chi connectivity index (χ0n) is 6.79. The van der Waals surface area contributed by atoms with E-state index in [1.54, 1.807) is 18.7 Å². The van der Waals surface area contributed by atoms with Gasteiger partial charge in [-0.1, -0.05) is 0 Å². The van der Waals surface area contributed by atoms with Gasteiger partial charge in [0.2, 0.25) is 0 Å². The number of rotatable bonds is 1. The van der Waals surface area contributed by atoms with Crippen LogP contribution in [0.3, 0.4) is 0 Å². The van der Waals surface area contributed by atoms with Crippen molar-refractivity contribution in [2.45, 2.75) is 18.7 Å². The summed E-state index contributed by atoms with van der Waals surface area (Å²) in [5.74, 6) is 0. The van der Waals surface area contributed by atoms with Crippen LogP contribution >= 0.6 is 0 Å². The fourth-order valence-electron chi connectivity index (χ4n) is 1.05. The maximum absolute atomic E-state index is 10.9. The van der Waals surface area contributed by atoms with Crippen molar-refractivity contribution in [2.24, 2.45) is 12.2 Å². The first-order chi connectivity index (χ1) is 5.04. The molecule has 1 aromatic heterocycles. The van der Waals surface area contributed by atoms with E-state index in [9.17, 15) is 4.21 Å². The second kappa shape index (κ2) is 2.75. The van der Waals surface area contributed by atoms with E-state index in [0.717, 1.165) is 11.4 Å². The van der Waals surface area contributed by atoms with Crippen LogP contribution in [0.1, 0.15) is 11.4 Å². The maximum Gasteiger partial charge on any atom is 0.125 e. The molecule has 0 amide bonds. The van der Waals surface area contributed by atoms with Crippen molar-refractivity contribution in [1.82, 2.24) is 9.78 Å². The number of aromatic nitrogens is 2. The Balaban J connectivity index is 3.34. The van der Waals surface area contributed by atoms with E-state index in [0.29, 0.717) is 4.90 Å². The van der Waals surface area contributed by atoms with Crippen LogP contribution in [0.25, 0.3) is 0 Å². The first-order valence-corrected chi connectivity index (χ1v) is 4.41. The van der Waals surface area contributed by atoms with Crippen molar-refractivity contribution < 1.29 is 4.21 Å². The van der Waals surface area contributed by atoms with Gasteiger partial charge in [-0.05, 0) is 13.8 Å². The SMILES string of the molecule is Cc1nn(C)c(C)c1S(N)=O. The highest BCUT2D eigenvalue weighted by Gasteiger charge is 2.12. The third-order valence-electron chi connectivity index (χ3n) is 1.64. The molecule has 0 aliphatic carbocycles. The highest BCUT2D eigenvalue weighted by molar-refractivity contribution is 7.82. The molecular formula is C6H11N3OS. The van der Waals surface area contributed by atoms with Crippen LogP contribution in [0.4, 0.5) is 0 Å². The van der Waals surface area contributed by atoms with Crippen molar-refractivity contribution in [3.05, 3.63) is 11.4 Å². The van der Waals surface area contributed by atoms with Crippen LogP contribution in [-0.4, -0.2) is 14.0 Å². The average Bonchev–Trinajstić information content (AvgIpc) is 2.07. The molecule has 2 N–H and O–H groups in total. The molecule has 5 heteroatoms. The van der Waals surface area contributed by atoms with E-state index in [2.05, 4.69) is 5.10 Å². The minimum absolute atomic E-state index is 0.646. The van der Waals surface area contributed by atoms with Gasteiger partial charge in [0.1, 0.15) is 11.0 Å². The Morgan fingerprint density at radius 3 is 2.27 bits per heavy atom. The van der Waals surface area contributed by atoms with Crippen molar-refractivity contribution in [2.75, 3.05) is 0 Å². The second-order valence-corrected chi connectivity index (χ2v) is 3.42. The van der Waals surface area contributed by atoms with Crippen LogP contribution in [0, 0.1) is 13.8 Å². The molecule has 11 heavy (non-hydrogen) atoms. The summed E-state index contributed by atoms with van der Waals surface area (Å²) in [6.07, 6.45) is 0. The molecule has 0 bridgehead atoms. The van der Waals surface area contributed by atoms with E-state index in [4.69, 9.17) is 5.14 Å². The summed E-state index contributed by atoms with van der Waals surface area (Å²) in [5.41, 5.74) is 1.61. The van der Waals surface area contributed by atoms with Gasteiger partial charge in [-0.3, -0.25) is 4.68 Å². The summed E-state index contributed by atoms with van der Waals surface area (Å²) < 4.78 is 12.6. The quantitative estimate of drug-likeness (QED) is 0.650. The molecule has 1 heterocycles. The van der Waals surface area contributed by atoms with Gasteiger partial charge in [0, 0.05) is 7.05 Å². The topological polar surface area (TPSA) is 60.9 Å². The van der Waals surface area contributed by atoms with Crippen LogP contribution in [-0.2, 0) is 18.0 Å². The van der Waals surface area contributed by atoms with Crippen molar-refractivity contribution >= 4 is 11.0 Å². The minimum Gasteiger partial charge on any atom is -0.271 e. The van der Waals surface area contributed by atoms with Gasteiger partial charge in [0.15, 0.2) is 0 Å². The van der Waals surface area contributed by atoms with Crippen molar-refractivity contribution in [3.8, 4) is 0 Å². The zero-order valence-corrected chi connectivity index (χ0v) is 7.60. The third kappa shape index (κ3) is 1.34. The molecular weight excluding hydrogens is 162 g/mol. The molecule has 1 unspecified atom stereocenters. The standard InChI is InChI=1S/C6H11N3OS/c1-4-6(11(7)10)5(2)9(3)8-4/h7H2,1-3H3. The lowest BCUT2D eigenvalue weighted by atomic mass is 10.4. The average molecular weight is 173 g/mol. The molecule has 1 aromatic rings. The molecule has 1 rings (SSSR count). The first kappa shape index (κ1) is 8.42. The van der Waals surface area contributed by atoms with E-state index < -0.39 is 11.0 Å². The van der Waals surface area contributed by atoms with E-state index in [-0.39, 0.29) is 0 Å². The number of hydrogen-bond acceptors (Lipinski definition) is 2. The number of aryl methyl sites for hydroxylation is 2. The van der Waals surface area contributed by atoms with Gasteiger partial charge in [0.05, 0.1) is 16.3 Å². The molecule has 0 fully saturated rings. The molecule has 4 nitrogen and oxygen atoms in total. The Morgan fingerprint density at radius 1 is 1.55 bits per heavy atom. The lowest BCUT2D eigenvalue weighted by Crippen LogP contribution is -2.05. The molecule has 0 aromatic carbocycles. The highest BCUT2D eigenvalue weighted by atomic mass is 32.2. The van der Waals surface area contributed by atoms with Crippen LogP contribution < -0.4 is 5.14 Å². The maximum atomic E-state index is 10.9. The van der Waals surface area contributed by atoms with Gasteiger partial charge < -0.3 is 0 Å². The molecule has 1 atom stereocenters. The molecule has 0 aliphatic heterocycles. The summed E-state index contributed by atoms with van der Waals surface area (Å²) in [6, 6.07) is 0. The molecule has 0 spiro atoms. The minimum atomic E-state index is -1.41. The predicted molar refractivity (Wildman–Crippen MR) is 43.3 cm³/mol. The number of hydrogen-bond donors (Lipinski definition) is 1. The molecule has 0 saturated carbocycles. The van der Waals surface area contributed by atoms with Crippen molar-refractivity contribution in [1.29, 1.82) is 0 Å². The Bertz CT molecular complexity index is 305. The van der Waals surface area contributed by atoms with Crippen molar-refractivity contribution in [3.63, 3.8) is 0 Å². The van der Waals surface area contributed by atoms with Crippen LogP contribution in [0.15, 0.2) is 4.90 Å². The number of nitrogens with zero attached hydrogens (tertiary/aromatic N) is 2. The summed E-state index contributed by atoms with van der Waals surface area (Å²) in [4.78, 5) is 0.646. The Morgan fingerprint density at radius 2 is 2.09 bits per heavy atom. The summed E-state index contributed by atoms with van der Waals surface area (Å²) >= 11 is 0. The number of nitrogens with two attached hydrogens (primary N) is 1. The summed E-state index contributed by atoms with van der Waals surface area (Å²) in [6.45, 7) is 3.65. The fourth-order valence-corrected chi connectivity index (χ4v) is 1.80. The monoisotopic (exact) mass is 173 g/mol. The smallest absolute Gasteiger partial charge is 0.125 e. The van der Waals surface area contributed by atoms with E-state index >= 15 is 0 Å². The Hall–Kier alpha value is -0.680. The second-order valence-electron chi connectivity index (χ2n) is 2.42. The van der Waals surface area contributed by atoms with Gasteiger partial charge in [-0.15, -0.1) is 0 Å². The first-order valence-electron chi connectivity index (χ1n) is 3.20. The predicted octanol–water partition coefficient (Wildman–Crippen LogP) is 0.0182. The largest absolute Gasteiger partial charge is 0.271 e. The zero-order chi connectivity index (χ0) is 8.59. The third-order valence-corrected chi connectivity index (χ3v) is 2.64. The Labute approximate surface area is 68.0 Å². The molecule has 0 saturated heterocycles.